The third kappa shape index (κ3) is 6.83. The number of alkyl halides is 3. The Hall–Kier alpha value is -2.52. The Bertz CT molecular complexity index is 1460. The van der Waals surface area contributed by atoms with Crippen LogP contribution in [0.25, 0.3) is 16.9 Å². The van der Waals surface area contributed by atoms with E-state index >= 15 is 0 Å². The molecule has 42 heavy (non-hydrogen) atoms. The Labute approximate surface area is 253 Å². The van der Waals surface area contributed by atoms with Crippen LogP contribution in [0.4, 0.5) is 13.2 Å². The number of rotatable bonds is 8. The van der Waals surface area contributed by atoms with Gasteiger partial charge in [-0.3, -0.25) is 14.8 Å². The summed E-state index contributed by atoms with van der Waals surface area (Å²) in [7, 11) is 0. The van der Waals surface area contributed by atoms with E-state index in [1.54, 1.807) is 22.2 Å². The standard InChI is InChI=1S/C27H29Cl2F3N6O3S/c28-20-10-11-23(22(29)16-20)38-25(18-6-8-19(9-7-18)27(30,31)32)21(17-37(42(40)41)36-14-4-5-15-36)24(33-38)26(39)34-35-12-2-1-3-13-35/h6-11,16H,1-5,12-15,17H2,(H,34,39)(H,40,41). The van der Waals surface area contributed by atoms with Crippen LogP contribution in [0.2, 0.25) is 10.0 Å². The Morgan fingerprint density at radius 1 is 1.00 bits per heavy atom. The van der Waals surface area contributed by atoms with E-state index in [1.807, 2.05) is 0 Å². The summed E-state index contributed by atoms with van der Waals surface area (Å²) in [5, 5.41) is 8.69. The molecule has 0 aliphatic carbocycles. The second-order valence-corrected chi connectivity index (χ2v) is 11.9. The van der Waals surface area contributed by atoms with Crippen LogP contribution in [0.1, 0.15) is 53.7 Å². The summed E-state index contributed by atoms with van der Waals surface area (Å²) in [6.07, 6.45) is -0.0494. The molecule has 2 N–H and O–H groups in total. The molecule has 0 spiro atoms. The Morgan fingerprint density at radius 3 is 2.24 bits per heavy atom. The number of hydrogen-bond donors (Lipinski definition) is 2. The number of nitrogens with one attached hydrogen (secondary N) is 1. The van der Waals surface area contributed by atoms with Crippen LogP contribution in [0.3, 0.4) is 0 Å². The smallest absolute Gasteiger partial charge is 0.293 e. The number of hydrogen-bond acceptors (Lipinski definition) is 5. The molecule has 2 saturated heterocycles. The molecule has 0 radical (unpaired) electrons. The van der Waals surface area contributed by atoms with Gasteiger partial charge < -0.3 is 0 Å². The van der Waals surface area contributed by atoms with Crippen LogP contribution >= 0.6 is 23.2 Å². The summed E-state index contributed by atoms with van der Waals surface area (Å²) in [6.45, 7) is 2.16. The van der Waals surface area contributed by atoms with Gasteiger partial charge in [-0.2, -0.15) is 18.3 Å². The highest BCUT2D eigenvalue weighted by molar-refractivity contribution is 7.76. The van der Waals surface area contributed by atoms with E-state index in [0.717, 1.165) is 44.2 Å². The minimum Gasteiger partial charge on any atom is -0.293 e. The van der Waals surface area contributed by atoms with Crippen molar-refractivity contribution in [3.8, 4) is 16.9 Å². The third-order valence-electron chi connectivity index (χ3n) is 7.31. The van der Waals surface area contributed by atoms with Crippen molar-refractivity contribution in [2.45, 2.75) is 44.8 Å². The second kappa shape index (κ2) is 13.0. The third-order valence-corrected chi connectivity index (χ3v) is 8.57. The Morgan fingerprint density at radius 2 is 1.64 bits per heavy atom. The maximum atomic E-state index is 13.8. The summed E-state index contributed by atoms with van der Waals surface area (Å²) in [4.78, 5) is 13.8. The summed E-state index contributed by atoms with van der Waals surface area (Å²) in [6, 6.07) is 9.10. The molecule has 1 unspecified atom stereocenters. The van der Waals surface area contributed by atoms with Crippen molar-refractivity contribution in [1.82, 2.24) is 29.6 Å². The molecule has 0 saturated carbocycles. The normalized spacial score (nSPS) is 17.6. The predicted molar refractivity (Wildman–Crippen MR) is 154 cm³/mol. The van der Waals surface area contributed by atoms with E-state index in [1.165, 1.54) is 27.3 Å². The van der Waals surface area contributed by atoms with Crippen LogP contribution in [0.5, 0.6) is 0 Å². The number of aromatic nitrogens is 2. The lowest BCUT2D eigenvalue weighted by Gasteiger charge is -2.28. The van der Waals surface area contributed by atoms with Crippen LogP contribution in [0, 0.1) is 0 Å². The molecule has 3 heterocycles. The van der Waals surface area contributed by atoms with E-state index < -0.39 is 28.9 Å². The fourth-order valence-corrected chi connectivity index (χ4v) is 6.33. The monoisotopic (exact) mass is 644 g/mol. The summed E-state index contributed by atoms with van der Waals surface area (Å²) >= 11 is 10.2. The first-order valence-electron chi connectivity index (χ1n) is 13.5. The lowest BCUT2D eigenvalue weighted by Crippen LogP contribution is -2.46. The molecule has 226 valence electrons. The molecule has 2 aromatic carbocycles. The number of halogens is 5. The molecule has 15 heteroatoms. The SMILES string of the molecule is O=C(NN1CCCCC1)c1nn(-c2ccc(Cl)cc2Cl)c(-c2ccc(C(F)(F)F)cc2)c1CN(N1CCCC1)S(=O)O. The van der Waals surface area contributed by atoms with Gasteiger partial charge in [0.05, 0.1) is 28.5 Å². The largest absolute Gasteiger partial charge is 0.416 e. The molecule has 1 atom stereocenters. The highest BCUT2D eigenvalue weighted by Gasteiger charge is 2.34. The lowest BCUT2D eigenvalue weighted by atomic mass is 10.0. The average molecular weight is 646 g/mol. The van der Waals surface area contributed by atoms with Gasteiger partial charge in [0.2, 0.25) is 11.3 Å². The van der Waals surface area contributed by atoms with Gasteiger partial charge in [-0.25, -0.2) is 18.9 Å². The highest BCUT2D eigenvalue weighted by Crippen LogP contribution is 2.36. The van der Waals surface area contributed by atoms with E-state index in [9.17, 15) is 26.7 Å². The van der Waals surface area contributed by atoms with Crippen LogP contribution in [0.15, 0.2) is 42.5 Å². The van der Waals surface area contributed by atoms with E-state index in [2.05, 4.69) is 10.5 Å². The van der Waals surface area contributed by atoms with E-state index in [0.29, 0.717) is 42.5 Å². The minimum absolute atomic E-state index is 0.0452. The fourth-order valence-electron chi connectivity index (χ4n) is 5.24. The zero-order valence-electron chi connectivity index (χ0n) is 22.4. The summed E-state index contributed by atoms with van der Waals surface area (Å²) in [5.41, 5.74) is 3.14. The number of benzene rings is 2. The van der Waals surface area contributed by atoms with Crippen molar-refractivity contribution in [2.24, 2.45) is 0 Å². The molecule has 2 aliphatic rings. The van der Waals surface area contributed by atoms with Crippen molar-refractivity contribution in [3.05, 3.63) is 69.3 Å². The van der Waals surface area contributed by atoms with Gasteiger partial charge in [0, 0.05) is 42.3 Å². The number of hydrazine groups is 2. The molecule has 0 bridgehead atoms. The molecule has 1 amide bonds. The van der Waals surface area contributed by atoms with Gasteiger partial charge in [-0.05, 0) is 56.0 Å². The summed E-state index contributed by atoms with van der Waals surface area (Å²) < 4.78 is 65.7. The molecular formula is C27H29Cl2F3N6O3S. The molecule has 9 nitrogen and oxygen atoms in total. The number of carbonyl (C=O) groups excluding carboxylic acids is 1. The first kappa shape index (κ1) is 30.9. The van der Waals surface area contributed by atoms with Crippen LogP contribution in [-0.4, -0.2) is 65.1 Å². The average Bonchev–Trinajstić information content (AvgIpc) is 3.60. The molecule has 1 aromatic heterocycles. The maximum absolute atomic E-state index is 13.8. The molecule has 3 aromatic rings. The fraction of sp³-hybridized carbons (Fsp3) is 0.407. The van der Waals surface area contributed by atoms with Gasteiger partial charge in [0.1, 0.15) is 0 Å². The van der Waals surface area contributed by atoms with Gasteiger partial charge in [0.15, 0.2) is 5.69 Å². The maximum Gasteiger partial charge on any atom is 0.416 e. The molecule has 2 fully saturated rings. The second-order valence-electron chi connectivity index (χ2n) is 10.1. The van der Waals surface area contributed by atoms with Gasteiger partial charge in [-0.1, -0.05) is 41.8 Å². The first-order chi connectivity index (χ1) is 20.0. The van der Waals surface area contributed by atoms with Crippen molar-refractivity contribution < 1.29 is 26.7 Å². The number of piperidine rings is 1. The molecule has 5 rings (SSSR count). The van der Waals surface area contributed by atoms with E-state index in [4.69, 9.17) is 23.2 Å². The predicted octanol–water partition coefficient (Wildman–Crippen LogP) is 5.95. The minimum atomic E-state index is -4.55. The van der Waals surface area contributed by atoms with Crippen molar-refractivity contribution in [1.29, 1.82) is 0 Å². The number of nitrogens with zero attached hydrogens (tertiary/aromatic N) is 5. The highest BCUT2D eigenvalue weighted by atomic mass is 35.5. The van der Waals surface area contributed by atoms with Gasteiger partial charge in [0.25, 0.3) is 5.91 Å². The Kier molecular flexibility index (Phi) is 9.57. The number of amides is 1. The van der Waals surface area contributed by atoms with Crippen LogP contribution < -0.4 is 5.43 Å². The number of carbonyl (C=O) groups is 1. The zero-order chi connectivity index (χ0) is 30.0. The van der Waals surface area contributed by atoms with Crippen molar-refractivity contribution in [3.63, 3.8) is 0 Å². The molecular weight excluding hydrogens is 616 g/mol. The topological polar surface area (TPSA) is 93.9 Å². The Balaban J connectivity index is 1.70. The van der Waals surface area contributed by atoms with E-state index in [-0.39, 0.29) is 28.5 Å². The van der Waals surface area contributed by atoms with Crippen molar-refractivity contribution >= 4 is 40.4 Å². The lowest BCUT2D eigenvalue weighted by molar-refractivity contribution is -0.137. The van der Waals surface area contributed by atoms with Crippen LogP contribution in [-0.2, 0) is 24.0 Å². The van der Waals surface area contributed by atoms with Crippen molar-refractivity contribution in [2.75, 3.05) is 26.2 Å². The molecule has 2 aliphatic heterocycles. The first-order valence-corrected chi connectivity index (χ1v) is 15.3. The van der Waals surface area contributed by atoms with Gasteiger partial charge >= 0.3 is 6.18 Å². The quantitative estimate of drug-likeness (QED) is 0.295. The van der Waals surface area contributed by atoms with Gasteiger partial charge in [-0.15, -0.1) is 4.41 Å². The zero-order valence-corrected chi connectivity index (χ0v) is 24.7. The summed E-state index contributed by atoms with van der Waals surface area (Å²) in [5.74, 6) is -0.547.